The number of hydrogen-bond acceptors (Lipinski definition) is 6. The van der Waals surface area contributed by atoms with Crippen LogP contribution in [0.1, 0.15) is 18.7 Å². The van der Waals surface area contributed by atoms with E-state index in [9.17, 15) is 4.39 Å². The molecule has 3 aromatic rings. The van der Waals surface area contributed by atoms with Gasteiger partial charge in [-0.15, -0.1) is 0 Å². The second kappa shape index (κ2) is 9.16. The number of benzene rings is 2. The summed E-state index contributed by atoms with van der Waals surface area (Å²) in [6.07, 6.45) is 2.41. The van der Waals surface area contributed by atoms with E-state index in [-0.39, 0.29) is 5.82 Å². The first-order valence-electron chi connectivity index (χ1n) is 11.1. The van der Waals surface area contributed by atoms with Gasteiger partial charge in [0.05, 0.1) is 6.54 Å². The van der Waals surface area contributed by atoms with Gasteiger partial charge in [0.1, 0.15) is 5.82 Å². The van der Waals surface area contributed by atoms with Gasteiger partial charge in [-0.05, 0) is 43.7 Å². The predicted octanol–water partition coefficient (Wildman–Crippen LogP) is 3.66. The van der Waals surface area contributed by atoms with Gasteiger partial charge in [-0.1, -0.05) is 35.5 Å². The van der Waals surface area contributed by atoms with Crippen LogP contribution in [0.25, 0.3) is 11.4 Å². The smallest absolute Gasteiger partial charge is 0.241 e. The van der Waals surface area contributed by atoms with E-state index >= 15 is 0 Å². The van der Waals surface area contributed by atoms with Crippen molar-refractivity contribution in [1.82, 2.24) is 19.9 Å². The molecular formula is C24H28FN5O. The molecule has 2 aliphatic rings. The zero-order valence-corrected chi connectivity index (χ0v) is 17.7. The summed E-state index contributed by atoms with van der Waals surface area (Å²) in [5, 5.41) is 4.15. The summed E-state index contributed by atoms with van der Waals surface area (Å²) in [7, 11) is 0. The van der Waals surface area contributed by atoms with Crippen molar-refractivity contribution < 1.29 is 8.91 Å². The summed E-state index contributed by atoms with van der Waals surface area (Å²) >= 11 is 0. The predicted molar refractivity (Wildman–Crippen MR) is 118 cm³/mol. The van der Waals surface area contributed by atoms with E-state index in [2.05, 4.69) is 24.8 Å². The van der Waals surface area contributed by atoms with Gasteiger partial charge in [0.2, 0.25) is 11.7 Å². The molecule has 1 atom stereocenters. The molecule has 0 unspecified atom stereocenters. The number of hydrogen-bond donors (Lipinski definition) is 0. The minimum atomic E-state index is -0.179. The molecule has 0 aliphatic carbocycles. The quantitative estimate of drug-likeness (QED) is 0.627. The SMILES string of the molecule is Fc1ccc(N2CCN([C@H]3CCCN(Cc4nc(-c5ccccc5)no4)C3)CC2)cc1. The molecule has 2 aliphatic heterocycles. The van der Waals surface area contributed by atoms with E-state index < -0.39 is 0 Å². The second-order valence-corrected chi connectivity index (χ2v) is 8.41. The van der Waals surface area contributed by atoms with Gasteiger partial charge in [-0.3, -0.25) is 9.80 Å². The first kappa shape index (κ1) is 20.2. The van der Waals surface area contributed by atoms with Crippen molar-refractivity contribution >= 4 is 5.69 Å². The summed E-state index contributed by atoms with van der Waals surface area (Å²) in [6.45, 7) is 6.82. The van der Waals surface area contributed by atoms with Crippen molar-refractivity contribution in [1.29, 1.82) is 0 Å². The number of anilines is 1. The average molecular weight is 422 g/mol. The highest BCUT2D eigenvalue weighted by molar-refractivity contribution is 5.53. The highest BCUT2D eigenvalue weighted by Crippen LogP contribution is 2.23. The molecule has 0 amide bonds. The summed E-state index contributed by atoms with van der Waals surface area (Å²) in [4.78, 5) is 12.0. The van der Waals surface area contributed by atoms with Crippen LogP contribution in [0, 0.1) is 5.82 Å². The largest absolute Gasteiger partial charge is 0.369 e. The van der Waals surface area contributed by atoms with Crippen LogP contribution in [-0.4, -0.2) is 65.3 Å². The lowest BCUT2D eigenvalue weighted by Crippen LogP contribution is -2.55. The molecule has 0 N–H and O–H groups in total. The number of nitrogens with zero attached hydrogens (tertiary/aromatic N) is 5. The van der Waals surface area contributed by atoms with Gasteiger partial charge in [-0.25, -0.2) is 4.39 Å². The minimum Gasteiger partial charge on any atom is -0.369 e. The number of piperazine rings is 1. The second-order valence-electron chi connectivity index (χ2n) is 8.41. The van der Waals surface area contributed by atoms with Crippen molar-refractivity contribution in [2.24, 2.45) is 0 Å². The van der Waals surface area contributed by atoms with Gasteiger partial charge < -0.3 is 9.42 Å². The fourth-order valence-corrected chi connectivity index (χ4v) is 4.68. The number of likely N-dealkylation sites (tertiary alicyclic amines) is 1. The summed E-state index contributed by atoms with van der Waals surface area (Å²) in [6, 6.07) is 17.3. The number of piperidine rings is 1. The van der Waals surface area contributed by atoms with Crippen LogP contribution >= 0.6 is 0 Å². The van der Waals surface area contributed by atoms with Gasteiger partial charge in [0, 0.05) is 50.0 Å². The van der Waals surface area contributed by atoms with Crippen molar-refractivity contribution in [3.63, 3.8) is 0 Å². The van der Waals surface area contributed by atoms with Gasteiger partial charge in [0.15, 0.2) is 0 Å². The van der Waals surface area contributed by atoms with Crippen LogP contribution in [0.3, 0.4) is 0 Å². The fraction of sp³-hybridized carbons (Fsp3) is 0.417. The normalized spacial score (nSPS) is 20.8. The Bertz CT molecular complexity index is 969. The van der Waals surface area contributed by atoms with Gasteiger partial charge >= 0.3 is 0 Å². The zero-order valence-electron chi connectivity index (χ0n) is 17.7. The molecule has 5 rings (SSSR count). The monoisotopic (exact) mass is 421 g/mol. The molecular weight excluding hydrogens is 393 g/mol. The average Bonchev–Trinajstić information content (AvgIpc) is 3.29. The standard InChI is InChI=1S/C24H28FN5O/c25-20-8-10-21(11-9-20)29-13-15-30(16-14-29)22-7-4-12-28(17-22)18-23-26-24(27-31-23)19-5-2-1-3-6-19/h1-3,5-6,8-11,22H,4,7,12-18H2/t22-/m0/s1. The maximum absolute atomic E-state index is 13.2. The van der Waals surface area contributed by atoms with E-state index in [1.54, 1.807) is 12.1 Å². The molecule has 2 saturated heterocycles. The molecule has 31 heavy (non-hydrogen) atoms. The number of aromatic nitrogens is 2. The Morgan fingerprint density at radius 1 is 0.935 bits per heavy atom. The Kier molecular flexibility index (Phi) is 5.95. The van der Waals surface area contributed by atoms with E-state index in [0.717, 1.165) is 50.5 Å². The third kappa shape index (κ3) is 4.78. The number of halogens is 1. The van der Waals surface area contributed by atoms with E-state index in [0.29, 0.717) is 24.3 Å². The maximum atomic E-state index is 13.2. The molecule has 162 valence electrons. The molecule has 3 heterocycles. The van der Waals surface area contributed by atoms with Crippen molar-refractivity contribution in [2.75, 3.05) is 44.2 Å². The molecule has 2 aromatic carbocycles. The molecule has 6 nitrogen and oxygen atoms in total. The zero-order chi connectivity index (χ0) is 21.0. The van der Waals surface area contributed by atoms with E-state index in [1.165, 1.54) is 12.8 Å². The van der Waals surface area contributed by atoms with E-state index in [1.807, 2.05) is 42.5 Å². The topological polar surface area (TPSA) is 48.6 Å². The summed E-state index contributed by atoms with van der Waals surface area (Å²) in [5.41, 5.74) is 2.09. The lowest BCUT2D eigenvalue weighted by molar-refractivity contribution is 0.0825. The molecule has 0 spiro atoms. The van der Waals surface area contributed by atoms with Crippen LogP contribution in [0.5, 0.6) is 0 Å². The van der Waals surface area contributed by atoms with Crippen molar-refractivity contribution in [3.8, 4) is 11.4 Å². The third-order valence-corrected chi connectivity index (χ3v) is 6.36. The van der Waals surface area contributed by atoms with Gasteiger partial charge in [-0.2, -0.15) is 4.98 Å². The van der Waals surface area contributed by atoms with E-state index in [4.69, 9.17) is 4.52 Å². The van der Waals surface area contributed by atoms with Gasteiger partial charge in [0.25, 0.3) is 0 Å². The van der Waals surface area contributed by atoms with Crippen molar-refractivity contribution in [2.45, 2.75) is 25.4 Å². The molecule has 0 radical (unpaired) electrons. The first-order valence-corrected chi connectivity index (χ1v) is 11.1. The molecule has 2 fully saturated rings. The fourth-order valence-electron chi connectivity index (χ4n) is 4.68. The minimum absolute atomic E-state index is 0.179. The lowest BCUT2D eigenvalue weighted by atomic mass is 10.0. The molecule has 0 saturated carbocycles. The van der Waals surface area contributed by atoms with Crippen LogP contribution in [-0.2, 0) is 6.54 Å². The van der Waals surface area contributed by atoms with Crippen LogP contribution < -0.4 is 4.90 Å². The highest BCUT2D eigenvalue weighted by atomic mass is 19.1. The Balaban J connectivity index is 1.15. The Morgan fingerprint density at radius 3 is 2.48 bits per heavy atom. The lowest BCUT2D eigenvalue weighted by Gasteiger charge is -2.43. The number of rotatable bonds is 5. The molecule has 0 bridgehead atoms. The van der Waals surface area contributed by atoms with Crippen LogP contribution in [0.2, 0.25) is 0 Å². The third-order valence-electron chi connectivity index (χ3n) is 6.36. The van der Waals surface area contributed by atoms with Crippen LogP contribution in [0.4, 0.5) is 10.1 Å². The molecule has 1 aromatic heterocycles. The Hall–Kier alpha value is -2.77. The molecule has 7 heteroatoms. The van der Waals surface area contributed by atoms with Crippen LogP contribution in [0.15, 0.2) is 59.1 Å². The Morgan fingerprint density at radius 2 is 1.71 bits per heavy atom. The Labute approximate surface area is 182 Å². The maximum Gasteiger partial charge on any atom is 0.241 e. The first-order chi connectivity index (χ1) is 15.2. The summed E-state index contributed by atoms with van der Waals surface area (Å²) < 4.78 is 18.7. The van der Waals surface area contributed by atoms with Crippen molar-refractivity contribution in [3.05, 3.63) is 66.3 Å². The summed E-state index contributed by atoms with van der Waals surface area (Å²) in [5.74, 6) is 1.16. The highest BCUT2D eigenvalue weighted by Gasteiger charge is 2.29.